The van der Waals surface area contributed by atoms with Gasteiger partial charge in [-0.3, -0.25) is 14.2 Å². The molecule has 1 amide bonds. The number of nitrogens with one attached hydrogen (secondary N) is 1. The Balaban J connectivity index is 1.60. The molecule has 0 aromatic carbocycles. The summed E-state index contributed by atoms with van der Waals surface area (Å²) < 4.78 is 1.68. The SMILES string of the molecule is C=CCn1c(S[C@@H](C)C(=O)NC2CCCCC2)nc2sc3c(c2c1=O)CCC3. The van der Waals surface area contributed by atoms with E-state index in [4.69, 9.17) is 4.98 Å². The molecule has 2 aromatic rings. The van der Waals surface area contributed by atoms with Gasteiger partial charge in [0.15, 0.2) is 5.16 Å². The molecule has 1 atom stereocenters. The van der Waals surface area contributed by atoms with Crippen LogP contribution in [-0.2, 0) is 24.2 Å². The predicted octanol–water partition coefficient (Wildman–Crippen LogP) is 4.06. The minimum Gasteiger partial charge on any atom is -0.352 e. The second-order valence-electron chi connectivity index (χ2n) is 7.74. The molecular weight excluding hydrogens is 390 g/mol. The van der Waals surface area contributed by atoms with Crippen LogP contribution in [0, 0.1) is 0 Å². The van der Waals surface area contributed by atoms with Crippen molar-refractivity contribution in [2.75, 3.05) is 0 Å². The zero-order valence-electron chi connectivity index (χ0n) is 16.3. The molecular formula is C21H27N3O2S2. The molecule has 0 spiro atoms. The summed E-state index contributed by atoms with van der Waals surface area (Å²) >= 11 is 3.02. The average Bonchev–Trinajstić information content (AvgIpc) is 3.26. The first-order valence-corrected chi connectivity index (χ1v) is 11.9. The van der Waals surface area contributed by atoms with Crippen molar-refractivity contribution in [2.24, 2.45) is 0 Å². The smallest absolute Gasteiger partial charge is 0.263 e. The first kappa shape index (κ1) is 19.7. The van der Waals surface area contributed by atoms with Crippen molar-refractivity contribution >= 4 is 39.2 Å². The number of thioether (sulfide) groups is 1. The van der Waals surface area contributed by atoms with E-state index in [2.05, 4.69) is 11.9 Å². The first-order chi connectivity index (χ1) is 13.6. The quantitative estimate of drug-likeness (QED) is 0.437. The van der Waals surface area contributed by atoms with Gasteiger partial charge in [0.25, 0.3) is 5.56 Å². The lowest BCUT2D eigenvalue weighted by atomic mass is 9.95. The number of allylic oxidation sites excluding steroid dienone is 1. The number of carbonyl (C=O) groups excluding carboxylic acids is 1. The van der Waals surface area contributed by atoms with E-state index in [1.165, 1.54) is 41.5 Å². The zero-order chi connectivity index (χ0) is 19.7. The fraction of sp³-hybridized carbons (Fsp3) is 0.571. The zero-order valence-corrected chi connectivity index (χ0v) is 18.0. The van der Waals surface area contributed by atoms with Gasteiger partial charge in [-0.05, 0) is 44.6 Å². The Labute approximate surface area is 173 Å². The van der Waals surface area contributed by atoms with Crippen molar-refractivity contribution in [3.63, 3.8) is 0 Å². The van der Waals surface area contributed by atoms with Crippen molar-refractivity contribution in [1.29, 1.82) is 0 Å². The van der Waals surface area contributed by atoms with Crippen LogP contribution in [0.2, 0.25) is 0 Å². The summed E-state index contributed by atoms with van der Waals surface area (Å²) in [5.74, 6) is 0.0325. The third-order valence-corrected chi connectivity index (χ3v) is 7.98. The highest BCUT2D eigenvalue weighted by atomic mass is 32.2. The molecule has 0 bridgehead atoms. The van der Waals surface area contributed by atoms with Gasteiger partial charge in [-0.25, -0.2) is 4.98 Å². The van der Waals surface area contributed by atoms with E-state index in [1.54, 1.807) is 22.0 Å². The topological polar surface area (TPSA) is 64.0 Å². The number of carbonyl (C=O) groups is 1. The van der Waals surface area contributed by atoms with E-state index < -0.39 is 0 Å². The third kappa shape index (κ3) is 3.79. The highest BCUT2D eigenvalue weighted by molar-refractivity contribution is 8.00. The number of rotatable bonds is 6. The molecule has 0 aliphatic heterocycles. The van der Waals surface area contributed by atoms with E-state index in [9.17, 15) is 9.59 Å². The van der Waals surface area contributed by atoms with E-state index in [1.807, 2.05) is 6.92 Å². The van der Waals surface area contributed by atoms with Crippen LogP contribution in [0.5, 0.6) is 0 Å². The summed E-state index contributed by atoms with van der Waals surface area (Å²) in [6.45, 7) is 6.10. The summed E-state index contributed by atoms with van der Waals surface area (Å²) in [6, 6.07) is 0.287. The van der Waals surface area contributed by atoms with Crippen LogP contribution >= 0.6 is 23.1 Å². The second kappa shape index (κ2) is 8.41. The fourth-order valence-electron chi connectivity index (χ4n) is 4.22. The number of nitrogens with zero attached hydrogens (tertiary/aromatic N) is 2. The highest BCUT2D eigenvalue weighted by Crippen LogP contribution is 2.36. The van der Waals surface area contributed by atoms with E-state index in [-0.39, 0.29) is 22.8 Å². The Morgan fingerprint density at radius 2 is 2.14 bits per heavy atom. The standard InChI is InChI=1S/C21H27N3O2S2/c1-3-12-24-20(26)17-15-10-7-11-16(15)28-19(17)23-21(24)27-13(2)18(25)22-14-8-5-4-6-9-14/h3,13-14H,1,4-12H2,2H3,(H,22,25)/t13-/m0/s1. The monoisotopic (exact) mass is 417 g/mol. The van der Waals surface area contributed by atoms with Crippen molar-refractivity contribution in [1.82, 2.24) is 14.9 Å². The van der Waals surface area contributed by atoms with Crippen molar-refractivity contribution < 1.29 is 4.79 Å². The lowest BCUT2D eigenvalue weighted by Gasteiger charge is -2.24. The predicted molar refractivity (Wildman–Crippen MR) is 116 cm³/mol. The van der Waals surface area contributed by atoms with Crippen LogP contribution in [0.1, 0.15) is 55.9 Å². The number of fused-ring (bicyclic) bond motifs is 3. The maximum atomic E-state index is 13.2. The number of hydrogen-bond acceptors (Lipinski definition) is 5. The number of aryl methyl sites for hydroxylation is 2. The fourth-order valence-corrected chi connectivity index (χ4v) is 6.44. The third-order valence-electron chi connectivity index (χ3n) is 5.70. The Hall–Kier alpha value is -1.60. The molecule has 5 nitrogen and oxygen atoms in total. The van der Waals surface area contributed by atoms with E-state index >= 15 is 0 Å². The summed E-state index contributed by atoms with van der Waals surface area (Å²) in [7, 11) is 0. The van der Waals surface area contributed by atoms with Crippen molar-refractivity contribution in [3.05, 3.63) is 33.4 Å². The van der Waals surface area contributed by atoms with Crippen LogP contribution in [0.15, 0.2) is 22.6 Å². The molecule has 1 fully saturated rings. The van der Waals surface area contributed by atoms with Crippen LogP contribution in [0.25, 0.3) is 10.2 Å². The van der Waals surface area contributed by atoms with Crippen LogP contribution in [0.3, 0.4) is 0 Å². The van der Waals surface area contributed by atoms with Gasteiger partial charge in [0.1, 0.15) is 4.83 Å². The van der Waals surface area contributed by atoms with Gasteiger partial charge in [0, 0.05) is 17.5 Å². The minimum absolute atomic E-state index is 0.00619. The largest absolute Gasteiger partial charge is 0.352 e. The molecule has 7 heteroatoms. The van der Waals surface area contributed by atoms with Gasteiger partial charge in [-0.2, -0.15) is 0 Å². The average molecular weight is 418 g/mol. The molecule has 1 saturated carbocycles. The molecule has 2 aliphatic carbocycles. The van der Waals surface area contributed by atoms with Crippen LogP contribution < -0.4 is 10.9 Å². The number of hydrogen-bond donors (Lipinski definition) is 1. The Morgan fingerprint density at radius 1 is 1.36 bits per heavy atom. The molecule has 2 heterocycles. The van der Waals surface area contributed by atoms with Gasteiger partial charge in [-0.1, -0.05) is 37.1 Å². The molecule has 1 N–H and O–H groups in total. The van der Waals surface area contributed by atoms with Crippen molar-refractivity contribution in [2.45, 2.75) is 81.3 Å². The Bertz CT molecular complexity index is 957. The number of thiophene rings is 1. The second-order valence-corrected chi connectivity index (χ2v) is 10.1. The highest BCUT2D eigenvalue weighted by Gasteiger charge is 2.26. The first-order valence-electron chi connectivity index (χ1n) is 10.2. The lowest BCUT2D eigenvalue weighted by Crippen LogP contribution is -2.40. The molecule has 150 valence electrons. The molecule has 0 radical (unpaired) electrons. The van der Waals surface area contributed by atoms with E-state index in [0.29, 0.717) is 11.7 Å². The minimum atomic E-state index is -0.297. The summed E-state index contributed by atoms with van der Waals surface area (Å²) in [5, 5.41) is 4.28. The van der Waals surface area contributed by atoms with Gasteiger partial charge >= 0.3 is 0 Å². The normalized spacial score (nSPS) is 18.2. The summed E-state index contributed by atoms with van der Waals surface area (Å²) in [5.41, 5.74) is 1.20. The van der Waals surface area contributed by atoms with Crippen LogP contribution in [0.4, 0.5) is 0 Å². The molecule has 0 saturated heterocycles. The van der Waals surface area contributed by atoms with Gasteiger partial charge in [0.2, 0.25) is 5.91 Å². The molecule has 0 unspecified atom stereocenters. The summed E-state index contributed by atoms with van der Waals surface area (Å²) in [6.07, 6.45) is 10.6. The van der Waals surface area contributed by atoms with E-state index in [0.717, 1.165) is 42.3 Å². The van der Waals surface area contributed by atoms with Crippen LogP contribution in [-0.4, -0.2) is 26.8 Å². The Kier molecular flexibility index (Phi) is 5.92. The number of aromatic nitrogens is 2. The van der Waals surface area contributed by atoms with Gasteiger partial charge in [0.05, 0.1) is 10.6 Å². The summed E-state index contributed by atoms with van der Waals surface area (Å²) in [4.78, 5) is 32.8. The molecule has 28 heavy (non-hydrogen) atoms. The maximum absolute atomic E-state index is 13.2. The van der Waals surface area contributed by atoms with Gasteiger partial charge in [-0.15, -0.1) is 17.9 Å². The van der Waals surface area contributed by atoms with Gasteiger partial charge < -0.3 is 5.32 Å². The molecule has 4 rings (SSSR count). The Morgan fingerprint density at radius 3 is 2.89 bits per heavy atom. The van der Waals surface area contributed by atoms with Crippen molar-refractivity contribution in [3.8, 4) is 0 Å². The molecule has 2 aliphatic rings. The number of amides is 1. The molecule has 2 aromatic heterocycles. The lowest BCUT2D eigenvalue weighted by molar-refractivity contribution is -0.121. The maximum Gasteiger partial charge on any atom is 0.263 e.